The van der Waals surface area contributed by atoms with Crippen molar-refractivity contribution in [3.63, 3.8) is 0 Å². The number of nitrogens with two attached hydrogens (primary N) is 1. The van der Waals surface area contributed by atoms with Gasteiger partial charge in [0.2, 0.25) is 16.0 Å². The maximum absolute atomic E-state index is 11.4. The van der Waals surface area contributed by atoms with E-state index in [1.165, 1.54) is 17.7 Å². The van der Waals surface area contributed by atoms with Crippen LogP contribution in [-0.2, 0) is 27.8 Å². The maximum atomic E-state index is 11.4. The number of hydrogen-bond acceptors (Lipinski definition) is 8. The molecule has 0 radical (unpaired) electrons. The van der Waals surface area contributed by atoms with Gasteiger partial charge in [-0.2, -0.15) is 4.98 Å². The van der Waals surface area contributed by atoms with Crippen molar-refractivity contribution in [3.8, 4) is 0 Å². The predicted octanol–water partition coefficient (Wildman–Crippen LogP) is 2.31. The molecule has 0 atom stereocenters. The second kappa shape index (κ2) is 10.0. The first-order chi connectivity index (χ1) is 15.5. The molecule has 168 valence electrons. The van der Waals surface area contributed by atoms with Gasteiger partial charge in [-0.15, -0.1) is 0 Å². The van der Waals surface area contributed by atoms with Gasteiger partial charge in [0.1, 0.15) is 5.82 Å². The minimum Gasteiger partial charge on any atom is -0.379 e. The van der Waals surface area contributed by atoms with Gasteiger partial charge >= 0.3 is 0 Å². The van der Waals surface area contributed by atoms with Gasteiger partial charge < -0.3 is 15.4 Å². The zero-order valence-corrected chi connectivity index (χ0v) is 18.4. The fourth-order valence-corrected chi connectivity index (χ4v) is 3.92. The van der Waals surface area contributed by atoms with E-state index >= 15 is 0 Å². The topological polar surface area (TPSA) is 122 Å². The molecule has 1 saturated heterocycles. The lowest BCUT2D eigenvalue weighted by Gasteiger charge is -2.26. The number of anilines is 3. The number of benzene rings is 2. The number of primary sulfonamides is 1. The van der Waals surface area contributed by atoms with Crippen LogP contribution in [0.5, 0.6) is 0 Å². The summed E-state index contributed by atoms with van der Waals surface area (Å²) in [7, 11) is -3.69. The van der Waals surface area contributed by atoms with Crippen LogP contribution in [0.1, 0.15) is 11.1 Å². The molecule has 1 aliphatic rings. The molecule has 1 fully saturated rings. The molecular weight excluding hydrogens is 428 g/mol. The summed E-state index contributed by atoms with van der Waals surface area (Å²) in [6, 6.07) is 16.4. The summed E-state index contributed by atoms with van der Waals surface area (Å²) in [6.07, 6.45) is 1.68. The summed E-state index contributed by atoms with van der Waals surface area (Å²) in [4.78, 5) is 11.3. The van der Waals surface area contributed by atoms with Crippen molar-refractivity contribution in [2.75, 3.05) is 36.9 Å². The average Bonchev–Trinajstić information content (AvgIpc) is 2.79. The molecule has 1 aliphatic heterocycles. The predicted molar refractivity (Wildman–Crippen MR) is 123 cm³/mol. The van der Waals surface area contributed by atoms with Crippen molar-refractivity contribution in [1.82, 2.24) is 14.9 Å². The Labute approximate surface area is 187 Å². The molecule has 4 N–H and O–H groups in total. The summed E-state index contributed by atoms with van der Waals surface area (Å²) >= 11 is 0. The number of nitrogens with one attached hydrogen (secondary N) is 2. The minimum absolute atomic E-state index is 0.0885. The molecular formula is C22H26N6O3S. The molecule has 0 amide bonds. The van der Waals surface area contributed by atoms with Crippen molar-refractivity contribution >= 4 is 27.5 Å². The number of morpholine rings is 1. The third-order valence-electron chi connectivity index (χ3n) is 5.07. The van der Waals surface area contributed by atoms with Gasteiger partial charge in [-0.1, -0.05) is 24.3 Å². The average molecular weight is 455 g/mol. The fraction of sp³-hybridized carbons (Fsp3) is 0.273. The van der Waals surface area contributed by atoms with E-state index in [0.29, 0.717) is 18.3 Å². The first-order valence-electron chi connectivity index (χ1n) is 10.3. The van der Waals surface area contributed by atoms with E-state index in [2.05, 4.69) is 37.6 Å². The van der Waals surface area contributed by atoms with Crippen LogP contribution in [0, 0.1) is 0 Å². The third-order valence-corrected chi connectivity index (χ3v) is 6.00. The standard InChI is InChI=1S/C22H26N6O3S/c23-32(29,30)20-6-4-17(5-7-20)15-25-21-8-9-24-22(27-21)26-19-3-1-2-18(14-19)16-28-10-12-31-13-11-28/h1-9,14H,10-13,15-16H2,(H2,23,29,30)(H2,24,25,26,27). The Morgan fingerprint density at radius 1 is 1.03 bits per heavy atom. The fourth-order valence-electron chi connectivity index (χ4n) is 3.40. The normalized spacial score (nSPS) is 14.8. The summed E-state index contributed by atoms with van der Waals surface area (Å²) < 4.78 is 28.1. The van der Waals surface area contributed by atoms with Crippen LogP contribution in [-0.4, -0.2) is 49.6 Å². The smallest absolute Gasteiger partial charge is 0.238 e. The Morgan fingerprint density at radius 2 is 1.81 bits per heavy atom. The number of nitrogens with zero attached hydrogens (tertiary/aromatic N) is 3. The molecule has 0 saturated carbocycles. The highest BCUT2D eigenvalue weighted by Crippen LogP contribution is 2.18. The van der Waals surface area contributed by atoms with Crippen molar-refractivity contribution in [2.24, 2.45) is 5.14 Å². The Bertz CT molecular complexity index is 1150. The highest BCUT2D eigenvalue weighted by molar-refractivity contribution is 7.89. The molecule has 0 spiro atoms. The maximum Gasteiger partial charge on any atom is 0.238 e. The summed E-state index contributed by atoms with van der Waals surface area (Å²) in [5, 5.41) is 11.6. The zero-order valence-electron chi connectivity index (χ0n) is 17.6. The highest BCUT2D eigenvalue weighted by atomic mass is 32.2. The lowest BCUT2D eigenvalue weighted by atomic mass is 10.2. The lowest BCUT2D eigenvalue weighted by Crippen LogP contribution is -2.35. The number of aromatic nitrogens is 2. The van der Waals surface area contributed by atoms with E-state index in [0.717, 1.165) is 44.1 Å². The highest BCUT2D eigenvalue weighted by Gasteiger charge is 2.11. The first-order valence-corrected chi connectivity index (χ1v) is 11.8. The quantitative estimate of drug-likeness (QED) is 0.474. The van der Waals surface area contributed by atoms with Crippen molar-refractivity contribution in [3.05, 3.63) is 71.9 Å². The molecule has 1 aromatic heterocycles. The first kappa shape index (κ1) is 22.2. The number of rotatable bonds is 8. The van der Waals surface area contributed by atoms with E-state index in [1.807, 2.05) is 12.1 Å². The van der Waals surface area contributed by atoms with Crippen LogP contribution >= 0.6 is 0 Å². The summed E-state index contributed by atoms with van der Waals surface area (Å²) in [6.45, 7) is 4.81. The number of ether oxygens (including phenoxy) is 1. The molecule has 0 unspecified atom stereocenters. The zero-order chi connectivity index (χ0) is 22.4. The molecule has 3 aromatic rings. The molecule has 9 nitrogen and oxygen atoms in total. The van der Waals surface area contributed by atoms with Crippen LogP contribution in [0.4, 0.5) is 17.5 Å². The molecule has 0 bridgehead atoms. The Morgan fingerprint density at radius 3 is 2.56 bits per heavy atom. The van der Waals surface area contributed by atoms with Crippen molar-refractivity contribution in [1.29, 1.82) is 0 Å². The Hall–Kier alpha value is -3.05. The van der Waals surface area contributed by atoms with E-state index in [1.54, 1.807) is 24.4 Å². The SMILES string of the molecule is NS(=O)(=O)c1ccc(CNc2ccnc(Nc3cccc(CN4CCOCC4)c3)n2)cc1. The molecule has 0 aliphatic carbocycles. The van der Waals surface area contributed by atoms with Gasteiger partial charge in [0.15, 0.2) is 0 Å². The number of hydrogen-bond donors (Lipinski definition) is 3. The Kier molecular flexibility index (Phi) is 6.96. The van der Waals surface area contributed by atoms with E-state index < -0.39 is 10.0 Å². The van der Waals surface area contributed by atoms with Gasteiger partial charge in [-0.25, -0.2) is 18.5 Å². The monoisotopic (exact) mass is 454 g/mol. The van der Waals surface area contributed by atoms with Crippen LogP contribution < -0.4 is 15.8 Å². The molecule has 2 heterocycles. The van der Waals surface area contributed by atoms with E-state index in [-0.39, 0.29) is 4.90 Å². The largest absolute Gasteiger partial charge is 0.379 e. The lowest BCUT2D eigenvalue weighted by molar-refractivity contribution is 0.0342. The Balaban J connectivity index is 1.36. The minimum atomic E-state index is -3.69. The molecule has 10 heteroatoms. The van der Waals surface area contributed by atoms with Gasteiger partial charge in [0, 0.05) is 38.1 Å². The van der Waals surface area contributed by atoms with Crippen LogP contribution in [0.15, 0.2) is 65.7 Å². The van der Waals surface area contributed by atoms with Gasteiger partial charge in [-0.3, -0.25) is 4.90 Å². The summed E-state index contributed by atoms with van der Waals surface area (Å²) in [5.74, 6) is 1.14. The van der Waals surface area contributed by atoms with Crippen LogP contribution in [0.2, 0.25) is 0 Å². The van der Waals surface area contributed by atoms with Crippen molar-refractivity contribution in [2.45, 2.75) is 18.0 Å². The van der Waals surface area contributed by atoms with Crippen molar-refractivity contribution < 1.29 is 13.2 Å². The third kappa shape index (κ3) is 6.24. The summed E-state index contributed by atoms with van der Waals surface area (Å²) in [5.41, 5.74) is 3.04. The number of sulfonamides is 1. The van der Waals surface area contributed by atoms with Gasteiger partial charge in [-0.05, 0) is 41.5 Å². The molecule has 4 rings (SSSR count). The molecule has 2 aromatic carbocycles. The molecule has 32 heavy (non-hydrogen) atoms. The van der Waals surface area contributed by atoms with Crippen LogP contribution in [0.3, 0.4) is 0 Å². The van der Waals surface area contributed by atoms with Gasteiger partial charge in [0.05, 0.1) is 18.1 Å². The van der Waals surface area contributed by atoms with Gasteiger partial charge in [0.25, 0.3) is 0 Å². The van der Waals surface area contributed by atoms with E-state index in [9.17, 15) is 8.42 Å². The second-order valence-corrected chi connectivity index (χ2v) is 9.08. The van der Waals surface area contributed by atoms with Crippen LogP contribution in [0.25, 0.3) is 0 Å². The second-order valence-electron chi connectivity index (χ2n) is 7.52. The van der Waals surface area contributed by atoms with E-state index in [4.69, 9.17) is 9.88 Å².